The summed E-state index contributed by atoms with van der Waals surface area (Å²) in [5.41, 5.74) is 3.24. The molecule has 0 heterocycles. The van der Waals surface area contributed by atoms with Crippen LogP contribution in [-0.2, 0) is 33.6 Å². The highest BCUT2D eigenvalue weighted by Crippen LogP contribution is 2.23. The Kier molecular flexibility index (Phi) is 6.81. The summed E-state index contributed by atoms with van der Waals surface area (Å²) in [6, 6.07) is 6.33. The van der Waals surface area contributed by atoms with Crippen LogP contribution >= 0.6 is 0 Å². The third-order valence-corrected chi connectivity index (χ3v) is 4.43. The average molecular weight is 360 g/mol. The lowest BCUT2D eigenvalue weighted by Gasteiger charge is -2.26. The Morgan fingerprint density at radius 1 is 1.08 bits per heavy atom. The van der Waals surface area contributed by atoms with Gasteiger partial charge < -0.3 is 14.5 Å². The fraction of sp³-hybridized carbons (Fsp3) is 0.619. The molecule has 1 amide bonds. The minimum absolute atomic E-state index is 0.00508. The molecular weight excluding hydrogens is 328 g/mol. The van der Waals surface area contributed by atoms with Crippen molar-refractivity contribution in [1.82, 2.24) is 9.80 Å². The summed E-state index contributed by atoms with van der Waals surface area (Å²) >= 11 is 0. The average Bonchev–Trinajstić information content (AvgIpc) is 2.96. The molecule has 26 heavy (non-hydrogen) atoms. The van der Waals surface area contributed by atoms with Gasteiger partial charge in [-0.2, -0.15) is 0 Å². The fourth-order valence-corrected chi connectivity index (χ4v) is 3.16. The number of amides is 1. The number of hydrogen-bond acceptors (Lipinski definition) is 4. The van der Waals surface area contributed by atoms with Crippen LogP contribution in [0.25, 0.3) is 0 Å². The summed E-state index contributed by atoms with van der Waals surface area (Å²) < 4.78 is 5.39. The molecule has 1 aromatic rings. The second-order valence-corrected chi connectivity index (χ2v) is 8.34. The van der Waals surface area contributed by atoms with Crippen molar-refractivity contribution < 1.29 is 14.3 Å². The quantitative estimate of drug-likeness (QED) is 0.701. The Morgan fingerprint density at radius 2 is 1.77 bits per heavy atom. The molecule has 144 valence electrons. The third-order valence-electron chi connectivity index (χ3n) is 4.43. The van der Waals surface area contributed by atoms with Crippen molar-refractivity contribution in [1.29, 1.82) is 0 Å². The fourth-order valence-electron chi connectivity index (χ4n) is 3.16. The first-order chi connectivity index (χ1) is 12.1. The zero-order valence-corrected chi connectivity index (χ0v) is 16.8. The van der Waals surface area contributed by atoms with E-state index in [1.54, 1.807) is 4.90 Å². The van der Waals surface area contributed by atoms with E-state index in [-0.39, 0.29) is 18.4 Å². The van der Waals surface area contributed by atoms with E-state index in [0.717, 1.165) is 18.4 Å². The van der Waals surface area contributed by atoms with Crippen molar-refractivity contribution in [2.24, 2.45) is 0 Å². The molecule has 0 saturated carbocycles. The van der Waals surface area contributed by atoms with E-state index in [9.17, 15) is 9.59 Å². The van der Waals surface area contributed by atoms with Gasteiger partial charge in [0.2, 0.25) is 5.91 Å². The van der Waals surface area contributed by atoms with E-state index in [2.05, 4.69) is 12.1 Å². The highest BCUT2D eigenvalue weighted by molar-refractivity contribution is 5.83. The molecule has 0 fully saturated rings. The van der Waals surface area contributed by atoms with Crippen molar-refractivity contribution >= 4 is 11.9 Å². The van der Waals surface area contributed by atoms with Crippen LogP contribution in [-0.4, -0.2) is 61.0 Å². The minimum atomic E-state index is -0.548. The maximum atomic E-state index is 12.8. The maximum Gasteiger partial charge on any atom is 0.326 e. The topological polar surface area (TPSA) is 49.9 Å². The van der Waals surface area contributed by atoms with Crippen molar-refractivity contribution in [3.63, 3.8) is 0 Å². The number of carbonyl (C=O) groups excluding carboxylic acids is 2. The van der Waals surface area contributed by atoms with Gasteiger partial charge in [-0.05, 0) is 70.8 Å². The predicted octanol–water partition coefficient (Wildman–Crippen LogP) is 2.45. The Bertz CT molecular complexity index is 647. The molecule has 0 radical (unpaired) electrons. The van der Waals surface area contributed by atoms with Gasteiger partial charge >= 0.3 is 5.97 Å². The number of hydrogen-bond donors (Lipinski definition) is 0. The largest absolute Gasteiger partial charge is 0.459 e. The van der Waals surface area contributed by atoms with Gasteiger partial charge in [-0.15, -0.1) is 0 Å². The highest BCUT2D eigenvalue weighted by Gasteiger charge is 2.22. The monoisotopic (exact) mass is 360 g/mol. The summed E-state index contributed by atoms with van der Waals surface area (Å²) in [5, 5.41) is 0. The van der Waals surface area contributed by atoms with Gasteiger partial charge in [-0.3, -0.25) is 9.59 Å². The number of esters is 1. The lowest BCUT2D eigenvalue weighted by atomic mass is 10.0. The van der Waals surface area contributed by atoms with Crippen LogP contribution in [0.4, 0.5) is 0 Å². The van der Waals surface area contributed by atoms with Crippen LogP contribution < -0.4 is 0 Å². The van der Waals surface area contributed by atoms with Crippen molar-refractivity contribution in [2.45, 2.75) is 52.1 Å². The standard InChI is InChI=1S/C21H32N2O3/c1-21(2,3)26-20(25)15-23(12-11-22(4)5)19(24)14-16-9-10-17-7-6-8-18(17)13-16/h9-10,13H,6-8,11-12,14-15H2,1-5H3. The smallest absolute Gasteiger partial charge is 0.326 e. The first kappa shape index (κ1) is 20.4. The van der Waals surface area contributed by atoms with E-state index >= 15 is 0 Å². The summed E-state index contributed by atoms with van der Waals surface area (Å²) in [6.07, 6.45) is 3.75. The van der Waals surface area contributed by atoms with Gasteiger partial charge in [0.1, 0.15) is 12.1 Å². The highest BCUT2D eigenvalue weighted by atomic mass is 16.6. The number of carbonyl (C=O) groups is 2. The number of rotatable bonds is 7. The molecule has 0 N–H and O–H groups in total. The summed E-state index contributed by atoms with van der Waals surface area (Å²) in [5.74, 6) is -0.394. The SMILES string of the molecule is CN(C)CCN(CC(=O)OC(C)(C)C)C(=O)Cc1ccc2c(c1)CCC2. The summed E-state index contributed by atoms with van der Waals surface area (Å²) in [7, 11) is 3.91. The number of nitrogens with zero attached hydrogens (tertiary/aromatic N) is 2. The molecule has 5 heteroatoms. The van der Waals surface area contributed by atoms with Crippen molar-refractivity contribution in [2.75, 3.05) is 33.7 Å². The van der Waals surface area contributed by atoms with Gasteiger partial charge in [0.25, 0.3) is 0 Å². The second kappa shape index (κ2) is 8.67. The third kappa shape index (κ3) is 6.45. The number of aryl methyl sites for hydroxylation is 2. The van der Waals surface area contributed by atoms with Gasteiger partial charge in [0, 0.05) is 13.1 Å². The zero-order chi connectivity index (χ0) is 19.3. The van der Waals surface area contributed by atoms with Crippen LogP contribution in [0, 0.1) is 0 Å². The van der Waals surface area contributed by atoms with Crippen LogP contribution in [0.1, 0.15) is 43.9 Å². The Morgan fingerprint density at radius 3 is 2.42 bits per heavy atom. The molecule has 1 aliphatic carbocycles. The Labute approximate surface area is 157 Å². The molecule has 0 saturated heterocycles. The van der Waals surface area contributed by atoms with Crippen LogP contribution in [0.5, 0.6) is 0 Å². The maximum absolute atomic E-state index is 12.8. The van der Waals surface area contributed by atoms with Gasteiger partial charge in [-0.1, -0.05) is 18.2 Å². The molecule has 2 rings (SSSR count). The van der Waals surface area contributed by atoms with E-state index in [0.29, 0.717) is 19.5 Å². The van der Waals surface area contributed by atoms with Gasteiger partial charge in [0.05, 0.1) is 6.42 Å². The molecule has 5 nitrogen and oxygen atoms in total. The van der Waals surface area contributed by atoms with Crippen molar-refractivity contribution in [3.05, 3.63) is 34.9 Å². The Balaban J connectivity index is 2.03. The normalized spacial score (nSPS) is 13.6. The molecule has 1 aromatic carbocycles. The molecule has 1 aliphatic rings. The molecule has 0 unspecified atom stereocenters. The lowest BCUT2D eigenvalue weighted by Crippen LogP contribution is -2.42. The van der Waals surface area contributed by atoms with E-state index < -0.39 is 5.60 Å². The second-order valence-electron chi connectivity index (χ2n) is 8.34. The van der Waals surface area contributed by atoms with E-state index in [1.165, 1.54) is 17.5 Å². The van der Waals surface area contributed by atoms with Gasteiger partial charge in [0.15, 0.2) is 0 Å². The number of ether oxygens (including phenoxy) is 1. The molecule has 0 aromatic heterocycles. The molecular formula is C21H32N2O3. The summed E-state index contributed by atoms with van der Waals surface area (Å²) in [4.78, 5) is 28.6. The van der Waals surface area contributed by atoms with Crippen LogP contribution in [0.3, 0.4) is 0 Å². The molecule has 0 spiro atoms. The molecule has 0 aliphatic heterocycles. The van der Waals surface area contributed by atoms with Crippen LogP contribution in [0.2, 0.25) is 0 Å². The number of benzene rings is 1. The lowest BCUT2D eigenvalue weighted by molar-refractivity contribution is -0.158. The van der Waals surface area contributed by atoms with Crippen LogP contribution in [0.15, 0.2) is 18.2 Å². The summed E-state index contributed by atoms with van der Waals surface area (Å²) in [6.45, 7) is 6.72. The van der Waals surface area contributed by atoms with E-state index in [1.807, 2.05) is 45.8 Å². The first-order valence-corrected chi connectivity index (χ1v) is 9.39. The number of likely N-dealkylation sites (N-methyl/N-ethyl adjacent to an activating group) is 1. The minimum Gasteiger partial charge on any atom is -0.459 e. The predicted molar refractivity (Wildman–Crippen MR) is 103 cm³/mol. The first-order valence-electron chi connectivity index (χ1n) is 9.39. The van der Waals surface area contributed by atoms with Crippen molar-refractivity contribution in [3.8, 4) is 0 Å². The number of fused-ring (bicyclic) bond motifs is 1. The molecule has 0 bridgehead atoms. The van der Waals surface area contributed by atoms with Gasteiger partial charge in [-0.25, -0.2) is 0 Å². The zero-order valence-electron chi connectivity index (χ0n) is 16.8. The molecule has 0 atom stereocenters. The Hall–Kier alpha value is -1.88. The van der Waals surface area contributed by atoms with E-state index in [4.69, 9.17) is 4.74 Å².